The zero-order valence-electron chi connectivity index (χ0n) is 15.5. The molecule has 1 heterocycles. The van der Waals surface area contributed by atoms with Crippen LogP contribution in [0.15, 0.2) is 42.5 Å². The van der Waals surface area contributed by atoms with E-state index in [4.69, 9.17) is 11.6 Å². The molecule has 0 amide bonds. The topological polar surface area (TPSA) is 12.0 Å². The highest BCUT2D eigenvalue weighted by Crippen LogP contribution is 2.48. The van der Waals surface area contributed by atoms with E-state index in [1.807, 2.05) is 24.3 Å². The summed E-state index contributed by atoms with van der Waals surface area (Å²) in [7, 11) is 0. The maximum Gasteiger partial charge on any atom is 0.426 e. The van der Waals surface area contributed by atoms with Crippen LogP contribution in [0, 0.1) is 0 Å². The van der Waals surface area contributed by atoms with Crippen molar-refractivity contribution in [2.45, 2.75) is 63.3 Å². The van der Waals surface area contributed by atoms with E-state index in [0.29, 0.717) is 18.4 Å². The molecule has 4 rings (SSSR count). The Bertz CT molecular complexity index is 875. The number of hydrogen-bond donors (Lipinski definition) is 1. The van der Waals surface area contributed by atoms with E-state index >= 15 is 0 Å². The van der Waals surface area contributed by atoms with Gasteiger partial charge in [-0.3, -0.25) is 0 Å². The van der Waals surface area contributed by atoms with Gasteiger partial charge in [-0.1, -0.05) is 49.4 Å². The lowest BCUT2D eigenvalue weighted by atomic mass is 9.63. The number of benzene rings is 2. The Hall–Kier alpha value is -1.59. The SMILES string of the molecule is C.CC(F)(c1ccc2c(c1)CCC1NCCC21Cc1ccc(Cl)cc1)C(F)(F)F. The second kappa shape index (κ2) is 7.59. The fraction of sp³-hybridized carbons (Fsp3) is 0.478. The zero-order chi connectivity index (χ0) is 20.2. The van der Waals surface area contributed by atoms with E-state index in [-0.39, 0.29) is 24.4 Å². The second-order valence-electron chi connectivity index (χ2n) is 8.13. The lowest BCUT2D eigenvalue weighted by Crippen LogP contribution is -2.46. The van der Waals surface area contributed by atoms with E-state index < -0.39 is 11.8 Å². The van der Waals surface area contributed by atoms with Crippen LogP contribution in [-0.4, -0.2) is 18.8 Å². The fourth-order valence-corrected chi connectivity index (χ4v) is 4.98. The van der Waals surface area contributed by atoms with E-state index in [1.165, 1.54) is 12.1 Å². The predicted molar refractivity (Wildman–Crippen MR) is 109 cm³/mol. The Labute approximate surface area is 174 Å². The summed E-state index contributed by atoms with van der Waals surface area (Å²) in [5.41, 5.74) is -0.837. The summed E-state index contributed by atoms with van der Waals surface area (Å²) in [6.45, 7) is 1.46. The largest absolute Gasteiger partial charge is 0.426 e. The Morgan fingerprint density at radius 1 is 1.10 bits per heavy atom. The van der Waals surface area contributed by atoms with E-state index in [1.54, 1.807) is 6.07 Å². The average Bonchev–Trinajstić information content (AvgIpc) is 3.06. The van der Waals surface area contributed by atoms with Gasteiger partial charge in [-0.15, -0.1) is 0 Å². The minimum atomic E-state index is -4.94. The quantitative estimate of drug-likeness (QED) is 0.550. The number of halogens is 5. The van der Waals surface area contributed by atoms with Gasteiger partial charge in [0.2, 0.25) is 5.67 Å². The molecule has 0 bridgehead atoms. The van der Waals surface area contributed by atoms with Gasteiger partial charge in [0.15, 0.2) is 0 Å². The van der Waals surface area contributed by atoms with Crippen molar-refractivity contribution < 1.29 is 17.6 Å². The molecular formula is C23H26ClF4N. The number of rotatable bonds is 3. The highest BCUT2D eigenvalue weighted by molar-refractivity contribution is 6.30. The van der Waals surface area contributed by atoms with Crippen LogP contribution < -0.4 is 5.32 Å². The van der Waals surface area contributed by atoms with Crippen molar-refractivity contribution in [2.24, 2.45) is 0 Å². The molecule has 1 saturated heterocycles. The van der Waals surface area contributed by atoms with Crippen molar-refractivity contribution in [1.29, 1.82) is 0 Å². The molecule has 1 aliphatic heterocycles. The Kier molecular flexibility index (Phi) is 5.78. The first-order valence-corrected chi connectivity index (χ1v) is 9.89. The third kappa shape index (κ3) is 3.68. The molecule has 1 aliphatic carbocycles. The molecule has 0 saturated carbocycles. The van der Waals surface area contributed by atoms with Crippen molar-refractivity contribution in [3.05, 3.63) is 69.7 Å². The number of hydrogen-bond acceptors (Lipinski definition) is 1. The van der Waals surface area contributed by atoms with Crippen LogP contribution in [0.1, 0.15) is 49.4 Å². The van der Waals surface area contributed by atoms with Gasteiger partial charge < -0.3 is 5.32 Å². The van der Waals surface area contributed by atoms with Gasteiger partial charge in [0, 0.05) is 16.5 Å². The Morgan fingerprint density at radius 2 is 1.79 bits per heavy atom. The van der Waals surface area contributed by atoms with Crippen LogP contribution >= 0.6 is 11.6 Å². The van der Waals surface area contributed by atoms with Crippen molar-refractivity contribution in [2.75, 3.05) is 6.54 Å². The highest BCUT2D eigenvalue weighted by atomic mass is 35.5. The molecule has 2 aromatic carbocycles. The minimum absolute atomic E-state index is 0. The summed E-state index contributed by atoms with van der Waals surface area (Å²) in [5.74, 6) is 0. The Balaban J connectivity index is 0.00000240. The maximum atomic E-state index is 14.5. The van der Waals surface area contributed by atoms with Crippen LogP contribution in [0.3, 0.4) is 0 Å². The molecule has 2 aliphatic rings. The molecule has 1 fully saturated rings. The highest BCUT2D eigenvalue weighted by Gasteiger charge is 2.54. The molecule has 2 aromatic rings. The zero-order valence-corrected chi connectivity index (χ0v) is 16.3. The van der Waals surface area contributed by atoms with Gasteiger partial charge in [-0.2, -0.15) is 13.2 Å². The smallest absolute Gasteiger partial charge is 0.313 e. The first kappa shape index (κ1) is 22.1. The second-order valence-corrected chi connectivity index (χ2v) is 8.56. The van der Waals surface area contributed by atoms with Gasteiger partial charge >= 0.3 is 6.18 Å². The van der Waals surface area contributed by atoms with Gasteiger partial charge in [-0.05, 0) is 73.5 Å². The molecule has 3 unspecified atom stereocenters. The molecule has 29 heavy (non-hydrogen) atoms. The van der Waals surface area contributed by atoms with Crippen LogP contribution in [-0.2, 0) is 23.9 Å². The van der Waals surface area contributed by atoms with Crippen LogP contribution in [0.5, 0.6) is 0 Å². The van der Waals surface area contributed by atoms with Crippen LogP contribution in [0.4, 0.5) is 17.6 Å². The summed E-state index contributed by atoms with van der Waals surface area (Å²) in [6.07, 6.45) is -1.77. The normalized spacial score (nSPS) is 25.5. The van der Waals surface area contributed by atoms with Crippen molar-refractivity contribution in [3.63, 3.8) is 0 Å². The van der Waals surface area contributed by atoms with Crippen molar-refractivity contribution >= 4 is 11.6 Å². The minimum Gasteiger partial charge on any atom is -0.313 e. The number of fused-ring (bicyclic) bond motifs is 3. The summed E-state index contributed by atoms with van der Waals surface area (Å²) in [6, 6.07) is 12.4. The Morgan fingerprint density at radius 3 is 2.45 bits per heavy atom. The molecule has 0 spiro atoms. The summed E-state index contributed by atoms with van der Waals surface area (Å²) >= 11 is 6.00. The molecule has 1 nitrogen and oxygen atoms in total. The monoisotopic (exact) mass is 427 g/mol. The molecular weight excluding hydrogens is 402 g/mol. The number of nitrogens with one attached hydrogen (secondary N) is 1. The number of alkyl halides is 4. The van der Waals surface area contributed by atoms with Crippen LogP contribution in [0.25, 0.3) is 0 Å². The molecule has 6 heteroatoms. The lowest BCUT2D eigenvalue weighted by molar-refractivity contribution is -0.228. The van der Waals surface area contributed by atoms with E-state index in [0.717, 1.165) is 42.5 Å². The molecule has 0 radical (unpaired) electrons. The van der Waals surface area contributed by atoms with Gasteiger partial charge in [0.25, 0.3) is 0 Å². The average molecular weight is 428 g/mol. The third-order valence-electron chi connectivity index (χ3n) is 6.48. The van der Waals surface area contributed by atoms with Crippen molar-refractivity contribution in [3.8, 4) is 0 Å². The summed E-state index contributed by atoms with van der Waals surface area (Å²) in [5, 5.41) is 4.23. The van der Waals surface area contributed by atoms with Gasteiger partial charge in [0.1, 0.15) is 0 Å². The molecule has 0 aromatic heterocycles. The van der Waals surface area contributed by atoms with Crippen molar-refractivity contribution in [1.82, 2.24) is 5.32 Å². The van der Waals surface area contributed by atoms with Gasteiger partial charge in [-0.25, -0.2) is 4.39 Å². The lowest BCUT2D eigenvalue weighted by Gasteiger charge is -2.42. The molecule has 1 N–H and O–H groups in total. The summed E-state index contributed by atoms with van der Waals surface area (Å²) < 4.78 is 54.0. The first-order chi connectivity index (χ1) is 13.1. The maximum absolute atomic E-state index is 14.5. The standard InChI is InChI=1S/C22H22ClF4N.CH4/c1-20(24,22(25,26)27)16-5-8-18-15(12-16)4-9-19-21(18,10-11-28-19)13-14-2-6-17(23)7-3-14;/h2-3,5-8,12,19,28H,4,9-11,13H2,1H3;1H4. The van der Waals surface area contributed by atoms with E-state index in [2.05, 4.69) is 5.32 Å². The van der Waals surface area contributed by atoms with E-state index in [9.17, 15) is 17.6 Å². The third-order valence-corrected chi connectivity index (χ3v) is 6.73. The van der Waals surface area contributed by atoms with Crippen LogP contribution in [0.2, 0.25) is 5.02 Å². The molecule has 158 valence electrons. The summed E-state index contributed by atoms with van der Waals surface area (Å²) in [4.78, 5) is 0. The first-order valence-electron chi connectivity index (χ1n) is 9.51. The molecule has 3 atom stereocenters. The predicted octanol–water partition coefficient (Wildman–Crippen LogP) is 6.51. The number of aryl methyl sites for hydroxylation is 1. The fourth-order valence-electron chi connectivity index (χ4n) is 4.85. The van der Waals surface area contributed by atoms with Gasteiger partial charge in [0.05, 0.1) is 0 Å².